The Morgan fingerprint density at radius 1 is 1.38 bits per heavy atom. The summed E-state index contributed by atoms with van der Waals surface area (Å²) >= 11 is 0. The Hall–Kier alpha value is -1.51. The van der Waals surface area contributed by atoms with Gasteiger partial charge in [0.15, 0.2) is 7.85 Å². The third kappa shape index (κ3) is 1.17. The van der Waals surface area contributed by atoms with Crippen LogP contribution in [0.5, 0.6) is 0 Å². The Balaban J connectivity index is 2.85. The van der Waals surface area contributed by atoms with E-state index in [2.05, 4.69) is 0 Å². The molecule has 62 valence electrons. The zero-order valence-corrected chi connectivity index (χ0v) is 7.32. The van der Waals surface area contributed by atoms with Crippen LogP contribution < -0.4 is 0 Å². The fraction of sp³-hybridized carbons (Fsp3) is 0.100. The molecule has 2 rings (SSSR count). The first-order valence-electron chi connectivity index (χ1n) is 4.04. The number of benzene rings is 1. The fourth-order valence-corrected chi connectivity index (χ4v) is 1.54. The topological polar surface area (TPSA) is 22.0 Å². The first-order valence-corrected chi connectivity index (χ1v) is 4.04. The van der Waals surface area contributed by atoms with Crippen LogP contribution in [0.3, 0.4) is 0 Å². The minimum atomic E-state index is -0.378. The van der Waals surface area contributed by atoms with Crippen LogP contribution in [0, 0.1) is 0 Å². The zero-order chi connectivity index (χ0) is 9.42. The molecule has 2 nitrogen and oxygen atoms in total. The summed E-state index contributed by atoms with van der Waals surface area (Å²) in [6.45, 7) is 0. The maximum Gasteiger partial charge on any atom is 0.175 e. The molecule has 0 spiro atoms. The largest absolute Gasteiger partial charge is 0.350 e. The molecule has 0 fully saturated rings. The lowest BCUT2D eigenvalue weighted by atomic mass is 9.95. The van der Waals surface area contributed by atoms with E-state index in [1.165, 1.54) is 0 Å². The van der Waals surface area contributed by atoms with Crippen molar-refractivity contribution in [2.24, 2.45) is 7.05 Å². The number of carbonyl (C=O) groups excluding carboxylic acids is 1. The van der Waals surface area contributed by atoms with Crippen LogP contribution in [0.4, 0.5) is 0 Å². The molecule has 0 bridgehead atoms. The van der Waals surface area contributed by atoms with Crippen molar-refractivity contribution in [2.45, 2.75) is 0 Å². The lowest BCUT2D eigenvalue weighted by Crippen LogP contribution is -1.95. The average Bonchev–Trinajstić information content (AvgIpc) is 2.45. The predicted octanol–water partition coefficient (Wildman–Crippen LogP) is 1.49. The molecular formula is C10H8BNO. The summed E-state index contributed by atoms with van der Waals surface area (Å²) < 4.78 is 1.90. The minimum Gasteiger partial charge on any atom is -0.350 e. The van der Waals surface area contributed by atoms with E-state index in [0.29, 0.717) is 5.56 Å². The maximum atomic E-state index is 11.0. The van der Waals surface area contributed by atoms with Crippen molar-refractivity contribution in [2.75, 3.05) is 0 Å². The van der Waals surface area contributed by atoms with E-state index in [1.807, 2.05) is 35.9 Å². The van der Waals surface area contributed by atoms with Gasteiger partial charge in [0, 0.05) is 29.7 Å². The van der Waals surface area contributed by atoms with E-state index in [9.17, 15) is 4.79 Å². The van der Waals surface area contributed by atoms with Crippen LogP contribution in [-0.2, 0) is 7.05 Å². The van der Waals surface area contributed by atoms with E-state index in [4.69, 9.17) is 7.85 Å². The fourth-order valence-electron chi connectivity index (χ4n) is 1.54. The minimum absolute atomic E-state index is 0.378. The average molecular weight is 169 g/mol. The van der Waals surface area contributed by atoms with Crippen LogP contribution in [0.15, 0.2) is 30.5 Å². The number of hydrogen-bond acceptors (Lipinski definition) is 1. The number of fused-ring (bicyclic) bond motifs is 1. The van der Waals surface area contributed by atoms with Crippen molar-refractivity contribution >= 4 is 24.4 Å². The van der Waals surface area contributed by atoms with E-state index in [1.54, 1.807) is 6.20 Å². The number of carbonyl (C=O) groups is 1. The molecule has 1 heterocycles. The molecule has 13 heavy (non-hydrogen) atoms. The molecule has 0 aliphatic rings. The lowest BCUT2D eigenvalue weighted by molar-refractivity contribution is 0.108. The number of aromatic nitrogens is 1. The molecule has 0 amide bonds. The highest BCUT2D eigenvalue weighted by Crippen LogP contribution is 2.19. The Morgan fingerprint density at radius 3 is 2.77 bits per heavy atom. The van der Waals surface area contributed by atoms with Crippen molar-refractivity contribution in [3.05, 3.63) is 36.0 Å². The van der Waals surface area contributed by atoms with Gasteiger partial charge in [0.1, 0.15) is 5.68 Å². The molecule has 2 radical (unpaired) electrons. The summed E-state index contributed by atoms with van der Waals surface area (Å²) in [6.07, 6.45) is 1.76. The van der Waals surface area contributed by atoms with Crippen molar-refractivity contribution in [1.82, 2.24) is 4.57 Å². The second-order valence-corrected chi connectivity index (χ2v) is 3.04. The lowest BCUT2D eigenvalue weighted by Gasteiger charge is -1.93. The summed E-state index contributed by atoms with van der Waals surface area (Å²) in [6, 6.07) is 7.69. The number of rotatable bonds is 1. The standard InChI is InChI=1S/C10H8BNO/c1-12-6-8(10(11)13)7-4-2-3-5-9(7)12/h2-6H,1H3. The molecule has 1 aromatic carbocycles. The Labute approximate surface area is 77.6 Å². The number of para-hydroxylation sites is 1. The summed E-state index contributed by atoms with van der Waals surface area (Å²) in [4.78, 5) is 11.0. The molecule has 0 N–H and O–H groups in total. The van der Waals surface area contributed by atoms with Gasteiger partial charge in [-0.25, -0.2) is 0 Å². The van der Waals surface area contributed by atoms with Crippen LogP contribution in [0.1, 0.15) is 10.4 Å². The smallest absolute Gasteiger partial charge is 0.175 e. The van der Waals surface area contributed by atoms with Gasteiger partial charge in [0.2, 0.25) is 0 Å². The van der Waals surface area contributed by atoms with E-state index in [-0.39, 0.29) is 5.68 Å². The highest BCUT2D eigenvalue weighted by atomic mass is 16.1. The number of nitrogens with zero attached hydrogens (tertiary/aromatic N) is 1. The van der Waals surface area contributed by atoms with Gasteiger partial charge in [-0.3, -0.25) is 0 Å². The monoisotopic (exact) mass is 169 g/mol. The van der Waals surface area contributed by atoms with Crippen LogP contribution in [-0.4, -0.2) is 18.1 Å². The SMILES string of the molecule is [B]C(=O)c1cn(C)c2ccccc12. The van der Waals surface area contributed by atoms with Gasteiger partial charge in [-0.05, 0) is 6.07 Å². The first-order chi connectivity index (χ1) is 6.20. The Bertz CT molecular complexity index is 473. The molecule has 2 aromatic rings. The van der Waals surface area contributed by atoms with Gasteiger partial charge in [-0.1, -0.05) is 18.2 Å². The van der Waals surface area contributed by atoms with Crippen LogP contribution in [0.25, 0.3) is 10.9 Å². The molecule has 3 heteroatoms. The maximum absolute atomic E-state index is 11.0. The van der Waals surface area contributed by atoms with Gasteiger partial charge in [-0.15, -0.1) is 0 Å². The Kier molecular flexibility index (Phi) is 1.73. The van der Waals surface area contributed by atoms with Gasteiger partial charge in [0.05, 0.1) is 0 Å². The quantitative estimate of drug-likeness (QED) is 0.592. The van der Waals surface area contributed by atoms with Gasteiger partial charge in [-0.2, -0.15) is 0 Å². The third-order valence-corrected chi connectivity index (χ3v) is 2.16. The summed E-state index contributed by atoms with van der Waals surface area (Å²) in [5.74, 6) is 0. The van der Waals surface area contributed by atoms with Crippen molar-refractivity contribution in [3.8, 4) is 0 Å². The molecule has 0 aliphatic carbocycles. The number of aryl methyl sites for hydroxylation is 1. The third-order valence-electron chi connectivity index (χ3n) is 2.16. The summed E-state index contributed by atoms with van der Waals surface area (Å²) in [7, 11) is 7.14. The van der Waals surface area contributed by atoms with E-state index < -0.39 is 0 Å². The van der Waals surface area contributed by atoms with E-state index in [0.717, 1.165) is 10.9 Å². The Morgan fingerprint density at radius 2 is 2.08 bits per heavy atom. The normalized spacial score (nSPS) is 10.5. The summed E-state index contributed by atoms with van der Waals surface area (Å²) in [5.41, 5.74) is 1.23. The summed E-state index contributed by atoms with van der Waals surface area (Å²) in [5, 5.41) is 0.914. The highest BCUT2D eigenvalue weighted by Gasteiger charge is 2.07. The number of hydrogen-bond donors (Lipinski definition) is 0. The highest BCUT2D eigenvalue weighted by molar-refractivity contribution is 6.63. The second-order valence-electron chi connectivity index (χ2n) is 3.04. The molecular weight excluding hydrogens is 161 g/mol. The molecule has 1 aromatic heterocycles. The molecule has 0 atom stereocenters. The van der Waals surface area contributed by atoms with Gasteiger partial charge >= 0.3 is 0 Å². The van der Waals surface area contributed by atoms with Crippen LogP contribution >= 0.6 is 0 Å². The van der Waals surface area contributed by atoms with Crippen molar-refractivity contribution in [3.63, 3.8) is 0 Å². The second kappa shape index (κ2) is 2.77. The van der Waals surface area contributed by atoms with E-state index >= 15 is 0 Å². The molecule has 0 aliphatic heterocycles. The molecule has 0 unspecified atom stereocenters. The van der Waals surface area contributed by atoms with Gasteiger partial charge < -0.3 is 9.36 Å². The zero-order valence-electron chi connectivity index (χ0n) is 7.32. The van der Waals surface area contributed by atoms with Gasteiger partial charge in [0.25, 0.3) is 0 Å². The van der Waals surface area contributed by atoms with Crippen molar-refractivity contribution in [1.29, 1.82) is 0 Å². The predicted molar refractivity (Wildman–Crippen MR) is 53.0 cm³/mol. The first kappa shape index (κ1) is 8.11. The van der Waals surface area contributed by atoms with Crippen LogP contribution in [0.2, 0.25) is 0 Å². The van der Waals surface area contributed by atoms with Crippen molar-refractivity contribution < 1.29 is 4.79 Å². The molecule has 0 saturated heterocycles. The molecule has 0 saturated carbocycles.